The van der Waals surface area contributed by atoms with Gasteiger partial charge in [-0.1, -0.05) is 29.3 Å². The summed E-state index contributed by atoms with van der Waals surface area (Å²) in [6.07, 6.45) is 0. The first-order chi connectivity index (χ1) is 10.1. The van der Waals surface area contributed by atoms with E-state index in [9.17, 15) is 4.79 Å². The molecule has 110 valence electrons. The third-order valence-electron chi connectivity index (χ3n) is 3.05. The standard InChI is InChI=1S/C17H18INO2/c1-12-3-6-14(7-4-12)21-10-9-19-17(20)15-8-5-13(2)11-16(15)18/h3-8,11H,9-10H2,1-2H3,(H,19,20). The number of hydrogen-bond donors (Lipinski definition) is 1. The van der Waals surface area contributed by atoms with Gasteiger partial charge in [0.15, 0.2) is 0 Å². The van der Waals surface area contributed by atoms with Crippen LogP contribution in [0.3, 0.4) is 0 Å². The van der Waals surface area contributed by atoms with E-state index in [1.54, 1.807) is 0 Å². The Balaban J connectivity index is 1.80. The van der Waals surface area contributed by atoms with Gasteiger partial charge in [0.2, 0.25) is 0 Å². The molecule has 0 unspecified atom stereocenters. The van der Waals surface area contributed by atoms with Crippen molar-refractivity contribution in [1.82, 2.24) is 5.32 Å². The van der Waals surface area contributed by atoms with E-state index in [0.29, 0.717) is 18.7 Å². The number of hydrogen-bond acceptors (Lipinski definition) is 2. The second-order valence-corrected chi connectivity index (χ2v) is 6.06. The zero-order valence-electron chi connectivity index (χ0n) is 12.2. The predicted octanol–water partition coefficient (Wildman–Crippen LogP) is 3.72. The Morgan fingerprint density at radius 1 is 1.10 bits per heavy atom. The van der Waals surface area contributed by atoms with Gasteiger partial charge in [-0.2, -0.15) is 0 Å². The lowest BCUT2D eigenvalue weighted by Gasteiger charge is -2.09. The molecular weight excluding hydrogens is 377 g/mol. The van der Waals surface area contributed by atoms with Crippen molar-refractivity contribution in [1.29, 1.82) is 0 Å². The molecule has 0 aliphatic rings. The summed E-state index contributed by atoms with van der Waals surface area (Å²) in [6, 6.07) is 13.7. The van der Waals surface area contributed by atoms with Gasteiger partial charge in [-0.3, -0.25) is 4.79 Å². The van der Waals surface area contributed by atoms with Gasteiger partial charge in [0.1, 0.15) is 12.4 Å². The molecule has 0 bridgehead atoms. The molecule has 0 aliphatic heterocycles. The summed E-state index contributed by atoms with van der Waals surface area (Å²) in [4.78, 5) is 12.1. The molecule has 1 N–H and O–H groups in total. The SMILES string of the molecule is Cc1ccc(OCCNC(=O)c2ccc(C)cc2I)cc1. The van der Waals surface area contributed by atoms with Gasteiger partial charge in [0, 0.05) is 3.57 Å². The highest BCUT2D eigenvalue weighted by atomic mass is 127. The lowest BCUT2D eigenvalue weighted by atomic mass is 10.1. The first kappa shape index (κ1) is 15.8. The van der Waals surface area contributed by atoms with Crippen LogP contribution in [0, 0.1) is 17.4 Å². The van der Waals surface area contributed by atoms with Crippen molar-refractivity contribution in [2.45, 2.75) is 13.8 Å². The third kappa shape index (κ3) is 4.74. The Labute approximate surface area is 138 Å². The minimum atomic E-state index is -0.0630. The van der Waals surface area contributed by atoms with Crippen LogP contribution in [-0.4, -0.2) is 19.1 Å². The van der Waals surface area contributed by atoms with Gasteiger partial charge in [-0.05, 0) is 60.7 Å². The number of ether oxygens (including phenoxy) is 1. The summed E-state index contributed by atoms with van der Waals surface area (Å²) in [5.41, 5.74) is 3.06. The summed E-state index contributed by atoms with van der Waals surface area (Å²) in [5, 5.41) is 2.87. The lowest BCUT2D eigenvalue weighted by Crippen LogP contribution is -2.28. The largest absolute Gasteiger partial charge is 0.492 e. The van der Waals surface area contributed by atoms with Gasteiger partial charge in [0.25, 0.3) is 5.91 Å². The van der Waals surface area contributed by atoms with Crippen LogP contribution in [0.2, 0.25) is 0 Å². The van der Waals surface area contributed by atoms with Crippen LogP contribution in [0.25, 0.3) is 0 Å². The zero-order chi connectivity index (χ0) is 15.2. The number of aryl methyl sites for hydroxylation is 2. The number of benzene rings is 2. The fourth-order valence-electron chi connectivity index (χ4n) is 1.87. The molecule has 0 fully saturated rings. The van der Waals surface area contributed by atoms with Crippen LogP contribution in [0.5, 0.6) is 5.75 Å². The lowest BCUT2D eigenvalue weighted by molar-refractivity contribution is 0.0946. The minimum absolute atomic E-state index is 0.0630. The van der Waals surface area contributed by atoms with Gasteiger partial charge in [-0.25, -0.2) is 0 Å². The quantitative estimate of drug-likeness (QED) is 0.619. The Kier molecular flexibility index (Phi) is 5.61. The van der Waals surface area contributed by atoms with Crippen LogP contribution in [0.4, 0.5) is 0 Å². The molecule has 0 saturated carbocycles. The number of carbonyl (C=O) groups is 1. The first-order valence-electron chi connectivity index (χ1n) is 6.80. The van der Waals surface area contributed by atoms with Gasteiger partial charge < -0.3 is 10.1 Å². The van der Waals surface area contributed by atoms with Crippen molar-refractivity contribution in [3.05, 3.63) is 62.7 Å². The van der Waals surface area contributed by atoms with Crippen LogP contribution in [0.1, 0.15) is 21.5 Å². The molecule has 2 rings (SSSR count). The topological polar surface area (TPSA) is 38.3 Å². The molecule has 0 aliphatic carbocycles. The van der Waals surface area contributed by atoms with E-state index in [0.717, 1.165) is 14.9 Å². The second-order valence-electron chi connectivity index (χ2n) is 4.90. The van der Waals surface area contributed by atoms with Gasteiger partial charge >= 0.3 is 0 Å². The van der Waals surface area contributed by atoms with Crippen LogP contribution in [0.15, 0.2) is 42.5 Å². The molecule has 1 amide bonds. The maximum absolute atomic E-state index is 12.1. The molecule has 3 nitrogen and oxygen atoms in total. The molecule has 2 aromatic rings. The molecule has 0 saturated heterocycles. The molecule has 2 aromatic carbocycles. The van der Waals surface area contributed by atoms with Crippen LogP contribution >= 0.6 is 22.6 Å². The summed E-state index contributed by atoms with van der Waals surface area (Å²) >= 11 is 2.18. The fourth-order valence-corrected chi connectivity index (χ4v) is 2.78. The minimum Gasteiger partial charge on any atom is -0.492 e. The van der Waals surface area contributed by atoms with Gasteiger partial charge in [-0.15, -0.1) is 0 Å². The molecule has 0 radical (unpaired) electrons. The van der Waals surface area contributed by atoms with Crippen molar-refractivity contribution in [3.8, 4) is 5.75 Å². The Bertz CT molecular complexity index is 623. The number of amides is 1. The average molecular weight is 395 g/mol. The number of nitrogens with one attached hydrogen (secondary N) is 1. The molecule has 4 heteroatoms. The van der Waals surface area contributed by atoms with Crippen LogP contribution in [-0.2, 0) is 0 Å². The van der Waals surface area contributed by atoms with E-state index in [2.05, 4.69) is 27.9 Å². The van der Waals surface area contributed by atoms with Crippen molar-refractivity contribution in [2.75, 3.05) is 13.2 Å². The predicted molar refractivity (Wildman–Crippen MR) is 92.9 cm³/mol. The highest BCUT2D eigenvalue weighted by molar-refractivity contribution is 14.1. The maximum atomic E-state index is 12.1. The van der Waals surface area contributed by atoms with Crippen molar-refractivity contribution in [2.24, 2.45) is 0 Å². The highest BCUT2D eigenvalue weighted by Crippen LogP contribution is 2.14. The third-order valence-corrected chi connectivity index (χ3v) is 3.94. The molecule has 0 aromatic heterocycles. The van der Waals surface area contributed by atoms with Gasteiger partial charge in [0.05, 0.1) is 12.1 Å². The fraction of sp³-hybridized carbons (Fsp3) is 0.235. The normalized spacial score (nSPS) is 10.2. The first-order valence-corrected chi connectivity index (χ1v) is 7.88. The molecule has 0 atom stereocenters. The Hall–Kier alpha value is -1.56. The van der Waals surface area contributed by atoms with Crippen molar-refractivity contribution < 1.29 is 9.53 Å². The molecule has 0 heterocycles. The number of halogens is 1. The van der Waals surface area contributed by atoms with Crippen LogP contribution < -0.4 is 10.1 Å². The summed E-state index contributed by atoms with van der Waals surface area (Å²) in [6.45, 7) is 4.99. The summed E-state index contributed by atoms with van der Waals surface area (Å²) < 4.78 is 6.54. The highest BCUT2D eigenvalue weighted by Gasteiger charge is 2.09. The van der Waals surface area contributed by atoms with E-state index in [1.165, 1.54) is 5.56 Å². The smallest absolute Gasteiger partial charge is 0.252 e. The summed E-state index contributed by atoms with van der Waals surface area (Å²) in [5.74, 6) is 0.756. The zero-order valence-corrected chi connectivity index (χ0v) is 14.3. The summed E-state index contributed by atoms with van der Waals surface area (Å²) in [7, 11) is 0. The Morgan fingerprint density at radius 3 is 2.43 bits per heavy atom. The van der Waals surface area contributed by atoms with Crippen molar-refractivity contribution in [3.63, 3.8) is 0 Å². The van der Waals surface area contributed by atoms with E-state index in [-0.39, 0.29) is 5.91 Å². The molecule has 21 heavy (non-hydrogen) atoms. The van der Waals surface area contributed by atoms with E-state index in [1.807, 2.05) is 56.3 Å². The number of carbonyl (C=O) groups excluding carboxylic acids is 1. The maximum Gasteiger partial charge on any atom is 0.252 e. The Morgan fingerprint density at radius 2 is 1.76 bits per heavy atom. The van der Waals surface area contributed by atoms with E-state index in [4.69, 9.17) is 4.74 Å². The average Bonchev–Trinajstić information content (AvgIpc) is 2.45. The van der Waals surface area contributed by atoms with E-state index >= 15 is 0 Å². The molecule has 0 spiro atoms. The monoisotopic (exact) mass is 395 g/mol. The van der Waals surface area contributed by atoms with Crippen molar-refractivity contribution >= 4 is 28.5 Å². The van der Waals surface area contributed by atoms with E-state index < -0.39 is 0 Å². The molecular formula is C17H18INO2. The second kappa shape index (κ2) is 7.45. The number of rotatable bonds is 5.